The lowest BCUT2D eigenvalue weighted by Crippen LogP contribution is -2.29. The van der Waals surface area contributed by atoms with Crippen LogP contribution >= 0.6 is 11.6 Å². The van der Waals surface area contributed by atoms with Gasteiger partial charge in [0.25, 0.3) is 0 Å². The van der Waals surface area contributed by atoms with E-state index in [9.17, 15) is 14.3 Å². The van der Waals surface area contributed by atoms with Crippen LogP contribution in [0, 0.1) is 5.82 Å². The van der Waals surface area contributed by atoms with Crippen LogP contribution in [0.1, 0.15) is 17.2 Å². The lowest BCUT2D eigenvalue weighted by Gasteiger charge is -2.16. The predicted molar refractivity (Wildman–Crippen MR) is 109 cm³/mol. The third kappa shape index (κ3) is 4.68. The Labute approximate surface area is 167 Å². The topological polar surface area (TPSA) is 58.6 Å². The van der Waals surface area contributed by atoms with Crippen LogP contribution in [0.4, 0.5) is 4.39 Å². The number of benzene rings is 3. The average Bonchev–Trinajstić information content (AvgIpc) is 2.70. The maximum Gasteiger partial charge on any atom is 0.244 e. The Kier molecular flexibility index (Phi) is 6.29. The Balaban J connectivity index is 1.76. The summed E-state index contributed by atoms with van der Waals surface area (Å²) >= 11 is 5.95. The summed E-state index contributed by atoms with van der Waals surface area (Å²) in [5.41, 5.74) is 1.29. The molecule has 0 saturated heterocycles. The van der Waals surface area contributed by atoms with E-state index >= 15 is 0 Å². The number of carbonyl (C=O) groups excluding carboxylic acids is 1. The number of carbonyl (C=O) groups is 1. The summed E-state index contributed by atoms with van der Waals surface area (Å²) in [6.07, 6.45) is 2.79. The summed E-state index contributed by atoms with van der Waals surface area (Å²) in [5, 5.41) is 14.7. The standard InChI is InChI=1S/C22H19ClFNO3/c1-28-19-8-5-14-2-3-16(10-17(14)11-19)21(13-26)25-22(27)9-6-15-4-7-18(24)12-20(15)23/h2-12,21,26H,13H2,1H3,(H,25,27)/b9-6+. The maximum atomic E-state index is 13.1. The number of hydrogen-bond acceptors (Lipinski definition) is 3. The van der Waals surface area contributed by atoms with Gasteiger partial charge in [-0.1, -0.05) is 35.9 Å². The van der Waals surface area contributed by atoms with Gasteiger partial charge < -0.3 is 15.2 Å². The lowest BCUT2D eigenvalue weighted by molar-refractivity contribution is -0.117. The SMILES string of the molecule is COc1ccc2ccc(C(CO)NC(=O)/C=C/c3ccc(F)cc3Cl)cc2c1. The quantitative estimate of drug-likeness (QED) is 0.600. The van der Waals surface area contributed by atoms with Gasteiger partial charge in [-0.2, -0.15) is 0 Å². The Bertz CT molecular complexity index is 1040. The Morgan fingerprint density at radius 3 is 2.68 bits per heavy atom. The van der Waals surface area contributed by atoms with E-state index in [1.54, 1.807) is 7.11 Å². The van der Waals surface area contributed by atoms with Crippen LogP contribution in [-0.4, -0.2) is 24.7 Å². The van der Waals surface area contributed by atoms with Crippen molar-refractivity contribution in [2.75, 3.05) is 13.7 Å². The molecule has 6 heteroatoms. The van der Waals surface area contributed by atoms with Crippen LogP contribution in [-0.2, 0) is 4.79 Å². The van der Waals surface area contributed by atoms with Gasteiger partial charge in [0.15, 0.2) is 0 Å². The molecular weight excluding hydrogens is 381 g/mol. The first-order chi connectivity index (χ1) is 13.5. The van der Waals surface area contributed by atoms with E-state index in [1.165, 1.54) is 30.4 Å². The third-order valence-electron chi connectivity index (χ3n) is 4.35. The van der Waals surface area contributed by atoms with Crippen LogP contribution in [0.3, 0.4) is 0 Å². The van der Waals surface area contributed by atoms with Gasteiger partial charge in [0.2, 0.25) is 5.91 Å². The Morgan fingerprint density at radius 2 is 1.96 bits per heavy atom. The first-order valence-electron chi connectivity index (χ1n) is 8.62. The highest BCUT2D eigenvalue weighted by molar-refractivity contribution is 6.32. The number of fused-ring (bicyclic) bond motifs is 1. The van der Waals surface area contributed by atoms with Crippen molar-refractivity contribution in [3.05, 3.63) is 82.6 Å². The molecule has 0 radical (unpaired) electrons. The zero-order valence-corrected chi connectivity index (χ0v) is 15.9. The fourth-order valence-electron chi connectivity index (χ4n) is 2.84. The molecule has 0 spiro atoms. The number of halogens is 2. The van der Waals surface area contributed by atoms with Crippen LogP contribution in [0.15, 0.2) is 60.7 Å². The van der Waals surface area contributed by atoms with E-state index in [2.05, 4.69) is 5.32 Å². The van der Waals surface area contributed by atoms with E-state index in [-0.39, 0.29) is 11.6 Å². The molecule has 144 valence electrons. The minimum atomic E-state index is -0.573. The van der Waals surface area contributed by atoms with Gasteiger partial charge in [-0.25, -0.2) is 4.39 Å². The molecule has 3 rings (SSSR count). The normalized spacial score (nSPS) is 12.3. The predicted octanol–water partition coefficient (Wildman–Crippen LogP) is 4.50. The number of rotatable bonds is 6. The largest absolute Gasteiger partial charge is 0.497 e. The first kappa shape index (κ1) is 19.9. The molecule has 1 atom stereocenters. The number of aliphatic hydroxyl groups is 1. The van der Waals surface area contributed by atoms with Gasteiger partial charge in [0, 0.05) is 6.08 Å². The number of amides is 1. The molecule has 2 N–H and O–H groups in total. The maximum absolute atomic E-state index is 13.1. The smallest absolute Gasteiger partial charge is 0.244 e. The molecular formula is C22H19ClFNO3. The van der Waals surface area contributed by atoms with Crippen LogP contribution < -0.4 is 10.1 Å². The van der Waals surface area contributed by atoms with E-state index in [1.807, 2.05) is 36.4 Å². The summed E-state index contributed by atoms with van der Waals surface area (Å²) < 4.78 is 18.3. The fourth-order valence-corrected chi connectivity index (χ4v) is 3.07. The highest BCUT2D eigenvalue weighted by atomic mass is 35.5. The minimum absolute atomic E-state index is 0.214. The van der Waals surface area contributed by atoms with Crippen molar-refractivity contribution in [3.8, 4) is 5.75 Å². The molecule has 0 aliphatic rings. The molecule has 0 aliphatic carbocycles. The molecule has 0 saturated carbocycles. The fraction of sp³-hybridized carbons (Fsp3) is 0.136. The number of aliphatic hydroxyl groups excluding tert-OH is 1. The summed E-state index contributed by atoms with van der Waals surface area (Å²) in [7, 11) is 1.60. The van der Waals surface area contributed by atoms with E-state index in [4.69, 9.17) is 16.3 Å². The van der Waals surface area contributed by atoms with Crippen molar-refractivity contribution >= 4 is 34.4 Å². The van der Waals surface area contributed by atoms with Gasteiger partial charge in [-0.05, 0) is 58.3 Å². The lowest BCUT2D eigenvalue weighted by atomic mass is 10.0. The number of hydrogen-bond donors (Lipinski definition) is 2. The number of nitrogens with one attached hydrogen (secondary N) is 1. The molecule has 1 amide bonds. The molecule has 0 aliphatic heterocycles. The number of ether oxygens (including phenoxy) is 1. The first-order valence-corrected chi connectivity index (χ1v) is 9.00. The average molecular weight is 400 g/mol. The minimum Gasteiger partial charge on any atom is -0.497 e. The monoisotopic (exact) mass is 399 g/mol. The molecule has 4 nitrogen and oxygen atoms in total. The highest BCUT2D eigenvalue weighted by Crippen LogP contribution is 2.24. The van der Waals surface area contributed by atoms with Crippen LogP contribution in [0.2, 0.25) is 5.02 Å². The van der Waals surface area contributed by atoms with Crippen molar-refractivity contribution in [2.24, 2.45) is 0 Å². The summed E-state index contributed by atoms with van der Waals surface area (Å²) in [6, 6.07) is 14.8. The highest BCUT2D eigenvalue weighted by Gasteiger charge is 2.13. The summed E-state index contributed by atoms with van der Waals surface area (Å²) in [4.78, 5) is 12.3. The zero-order valence-electron chi connectivity index (χ0n) is 15.2. The van der Waals surface area contributed by atoms with E-state index in [0.717, 1.165) is 22.1 Å². The van der Waals surface area contributed by atoms with Crippen LogP contribution in [0.5, 0.6) is 5.75 Å². The molecule has 0 heterocycles. The second kappa shape index (κ2) is 8.87. The molecule has 28 heavy (non-hydrogen) atoms. The van der Waals surface area contributed by atoms with Crippen molar-refractivity contribution in [1.29, 1.82) is 0 Å². The number of methoxy groups -OCH3 is 1. The van der Waals surface area contributed by atoms with Crippen molar-refractivity contribution < 1.29 is 19.0 Å². The van der Waals surface area contributed by atoms with E-state index in [0.29, 0.717) is 5.56 Å². The second-order valence-corrected chi connectivity index (χ2v) is 6.62. The molecule has 1 unspecified atom stereocenters. The molecule has 0 fully saturated rings. The summed E-state index contributed by atoms with van der Waals surface area (Å²) in [5.74, 6) is -0.113. The second-order valence-electron chi connectivity index (χ2n) is 6.22. The van der Waals surface area contributed by atoms with Gasteiger partial charge in [0.05, 0.1) is 24.8 Å². The van der Waals surface area contributed by atoms with Crippen molar-refractivity contribution in [3.63, 3.8) is 0 Å². The van der Waals surface area contributed by atoms with Crippen LogP contribution in [0.25, 0.3) is 16.8 Å². The van der Waals surface area contributed by atoms with Crippen molar-refractivity contribution in [2.45, 2.75) is 6.04 Å². The molecule has 0 bridgehead atoms. The van der Waals surface area contributed by atoms with Gasteiger partial charge in [-0.15, -0.1) is 0 Å². The van der Waals surface area contributed by atoms with E-state index < -0.39 is 17.8 Å². The molecule has 3 aromatic carbocycles. The summed E-state index contributed by atoms with van der Waals surface area (Å²) in [6.45, 7) is -0.258. The molecule has 0 aromatic heterocycles. The van der Waals surface area contributed by atoms with Gasteiger partial charge >= 0.3 is 0 Å². The van der Waals surface area contributed by atoms with Crippen molar-refractivity contribution in [1.82, 2.24) is 5.32 Å². The van der Waals surface area contributed by atoms with Gasteiger partial charge in [0.1, 0.15) is 11.6 Å². The Hall–Kier alpha value is -2.89. The van der Waals surface area contributed by atoms with Gasteiger partial charge in [-0.3, -0.25) is 4.79 Å². The zero-order chi connectivity index (χ0) is 20.1. The third-order valence-corrected chi connectivity index (χ3v) is 4.68. The Morgan fingerprint density at radius 1 is 1.18 bits per heavy atom. The molecule has 3 aromatic rings.